The Balaban J connectivity index is 2.10. The van der Waals surface area contributed by atoms with E-state index in [0.717, 1.165) is 17.4 Å². The first kappa shape index (κ1) is 12.8. The number of nitrogens with one attached hydrogen (secondary N) is 1. The quantitative estimate of drug-likeness (QED) is 0.863. The maximum atomic E-state index is 3.55. The average Bonchev–Trinajstić information content (AvgIpc) is 2.85. The number of hydrogen-bond donors (Lipinski definition) is 1. The monoisotopic (exact) mass is 309 g/mol. The van der Waals surface area contributed by atoms with Crippen molar-refractivity contribution in [1.82, 2.24) is 5.32 Å². The lowest BCUT2D eigenvalue weighted by Gasteiger charge is -2.16. The van der Waals surface area contributed by atoms with Crippen LogP contribution in [-0.2, 0) is 6.42 Å². The third-order valence-corrected chi connectivity index (χ3v) is 4.20. The van der Waals surface area contributed by atoms with Gasteiger partial charge in [-0.25, -0.2) is 0 Å². The molecule has 0 spiro atoms. The minimum atomic E-state index is 0.432. The fourth-order valence-corrected chi connectivity index (χ4v) is 2.93. The summed E-state index contributed by atoms with van der Waals surface area (Å²) in [6.07, 6.45) is 1.04. The SMILES string of the molecule is CCNC(Cc1ccc(Br)cc1)c1cccs1. The van der Waals surface area contributed by atoms with Crippen LogP contribution >= 0.6 is 27.3 Å². The van der Waals surface area contributed by atoms with Crippen molar-refractivity contribution in [2.45, 2.75) is 19.4 Å². The molecule has 0 saturated carbocycles. The van der Waals surface area contributed by atoms with Crippen LogP contribution in [0.25, 0.3) is 0 Å². The topological polar surface area (TPSA) is 12.0 Å². The van der Waals surface area contributed by atoms with Gasteiger partial charge in [0.15, 0.2) is 0 Å². The van der Waals surface area contributed by atoms with Crippen molar-refractivity contribution in [1.29, 1.82) is 0 Å². The van der Waals surface area contributed by atoms with E-state index < -0.39 is 0 Å². The first-order chi connectivity index (χ1) is 8.29. The molecule has 0 radical (unpaired) electrons. The molecular formula is C14H16BrNS. The van der Waals surface area contributed by atoms with Crippen molar-refractivity contribution in [3.63, 3.8) is 0 Å². The highest BCUT2D eigenvalue weighted by Gasteiger charge is 2.11. The first-order valence-corrected chi connectivity index (χ1v) is 7.48. The molecule has 3 heteroatoms. The van der Waals surface area contributed by atoms with E-state index in [9.17, 15) is 0 Å². The van der Waals surface area contributed by atoms with Crippen molar-refractivity contribution in [2.75, 3.05) is 6.54 Å². The molecule has 0 saturated heterocycles. The number of rotatable bonds is 5. The maximum absolute atomic E-state index is 3.55. The van der Waals surface area contributed by atoms with Gasteiger partial charge < -0.3 is 5.32 Å². The Hall–Kier alpha value is -0.640. The van der Waals surface area contributed by atoms with E-state index >= 15 is 0 Å². The summed E-state index contributed by atoms with van der Waals surface area (Å²) in [5, 5.41) is 5.69. The van der Waals surface area contributed by atoms with E-state index in [1.54, 1.807) is 0 Å². The lowest BCUT2D eigenvalue weighted by molar-refractivity contribution is 0.558. The normalized spacial score (nSPS) is 12.6. The molecule has 0 amide bonds. The van der Waals surface area contributed by atoms with Crippen molar-refractivity contribution in [2.24, 2.45) is 0 Å². The standard InChI is InChI=1S/C14H16BrNS/c1-2-16-13(14-4-3-9-17-14)10-11-5-7-12(15)8-6-11/h3-9,13,16H,2,10H2,1H3. The van der Waals surface area contributed by atoms with Gasteiger partial charge in [-0.05, 0) is 42.1 Å². The minimum absolute atomic E-state index is 0.432. The second kappa shape index (κ2) is 6.34. The van der Waals surface area contributed by atoms with E-state index in [4.69, 9.17) is 0 Å². The van der Waals surface area contributed by atoms with Crippen LogP contribution in [0, 0.1) is 0 Å². The summed E-state index contributed by atoms with van der Waals surface area (Å²) in [5.74, 6) is 0. The van der Waals surface area contributed by atoms with Gasteiger partial charge in [0, 0.05) is 15.4 Å². The zero-order valence-corrected chi connectivity index (χ0v) is 12.2. The number of thiophene rings is 1. The molecule has 2 rings (SSSR count). The number of halogens is 1. The van der Waals surface area contributed by atoms with Crippen molar-refractivity contribution in [3.05, 3.63) is 56.7 Å². The van der Waals surface area contributed by atoms with Gasteiger partial charge in [-0.2, -0.15) is 0 Å². The number of hydrogen-bond acceptors (Lipinski definition) is 2. The lowest BCUT2D eigenvalue weighted by Crippen LogP contribution is -2.22. The summed E-state index contributed by atoms with van der Waals surface area (Å²) in [4.78, 5) is 1.41. The second-order valence-electron chi connectivity index (χ2n) is 3.96. The fraction of sp³-hybridized carbons (Fsp3) is 0.286. The largest absolute Gasteiger partial charge is 0.309 e. The number of likely N-dealkylation sites (N-methyl/N-ethyl adjacent to an activating group) is 1. The van der Waals surface area contributed by atoms with Crippen LogP contribution in [-0.4, -0.2) is 6.54 Å². The summed E-state index contributed by atoms with van der Waals surface area (Å²) in [6.45, 7) is 3.15. The van der Waals surface area contributed by atoms with Crippen molar-refractivity contribution >= 4 is 27.3 Å². The molecule has 2 aromatic rings. The molecule has 1 N–H and O–H groups in total. The minimum Gasteiger partial charge on any atom is -0.309 e. The highest BCUT2D eigenvalue weighted by atomic mass is 79.9. The van der Waals surface area contributed by atoms with Gasteiger partial charge in [0.25, 0.3) is 0 Å². The zero-order valence-electron chi connectivity index (χ0n) is 9.82. The predicted octanol–water partition coefficient (Wildman–Crippen LogP) is 4.40. The van der Waals surface area contributed by atoms with Gasteiger partial charge in [-0.15, -0.1) is 11.3 Å². The molecule has 17 heavy (non-hydrogen) atoms. The molecule has 1 unspecified atom stereocenters. The molecule has 0 aliphatic rings. The van der Waals surface area contributed by atoms with Crippen LogP contribution < -0.4 is 5.32 Å². The average molecular weight is 310 g/mol. The predicted molar refractivity (Wildman–Crippen MR) is 78.6 cm³/mol. The van der Waals surface area contributed by atoms with Crippen LogP contribution in [0.1, 0.15) is 23.4 Å². The Bertz CT molecular complexity index is 436. The van der Waals surface area contributed by atoms with Gasteiger partial charge in [0.05, 0.1) is 0 Å². The Morgan fingerprint density at radius 3 is 2.59 bits per heavy atom. The highest BCUT2D eigenvalue weighted by molar-refractivity contribution is 9.10. The van der Waals surface area contributed by atoms with Gasteiger partial charge >= 0.3 is 0 Å². The summed E-state index contributed by atoms with van der Waals surface area (Å²) in [5.41, 5.74) is 1.37. The highest BCUT2D eigenvalue weighted by Crippen LogP contribution is 2.23. The molecule has 90 valence electrons. The fourth-order valence-electron chi connectivity index (χ4n) is 1.87. The third kappa shape index (κ3) is 3.66. The van der Waals surface area contributed by atoms with Gasteiger partial charge in [0.1, 0.15) is 0 Å². The van der Waals surface area contributed by atoms with E-state index in [1.807, 2.05) is 11.3 Å². The molecule has 0 aliphatic heterocycles. The molecule has 1 nitrogen and oxygen atoms in total. The Morgan fingerprint density at radius 2 is 2.00 bits per heavy atom. The van der Waals surface area contributed by atoms with E-state index in [1.165, 1.54) is 10.4 Å². The molecule has 0 bridgehead atoms. The summed E-state index contributed by atoms with van der Waals surface area (Å²) < 4.78 is 1.14. The molecule has 1 heterocycles. The van der Waals surface area contributed by atoms with Gasteiger partial charge in [0.2, 0.25) is 0 Å². The Labute approximate surface area is 115 Å². The lowest BCUT2D eigenvalue weighted by atomic mass is 10.0. The molecule has 1 aromatic heterocycles. The Kier molecular flexibility index (Phi) is 4.77. The molecule has 0 fully saturated rings. The first-order valence-electron chi connectivity index (χ1n) is 5.81. The molecule has 1 aromatic carbocycles. The third-order valence-electron chi connectivity index (χ3n) is 2.69. The summed E-state index contributed by atoms with van der Waals surface area (Å²) in [7, 11) is 0. The zero-order chi connectivity index (χ0) is 12.1. The van der Waals surface area contributed by atoms with Crippen LogP contribution in [0.4, 0.5) is 0 Å². The van der Waals surface area contributed by atoms with Crippen molar-refractivity contribution < 1.29 is 0 Å². The molecular weight excluding hydrogens is 294 g/mol. The van der Waals surface area contributed by atoms with Crippen LogP contribution in [0.15, 0.2) is 46.3 Å². The Morgan fingerprint density at radius 1 is 1.24 bits per heavy atom. The molecule has 0 aliphatic carbocycles. The summed E-state index contributed by atoms with van der Waals surface area (Å²) in [6, 6.07) is 13.3. The van der Waals surface area contributed by atoms with Gasteiger partial charge in [-0.3, -0.25) is 0 Å². The van der Waals surface area contributed by atoms with Gasteiger partial charge in [-0.1, -0.05) is 41.1 Å². The van der Waals surface area contributed by atoms with Crippen LogP contribution in [0.2, 0.25) is 0 Å². The van der Waals surface area contributed by atoms with E-state index in [0.29, 0.717) is 6.04 Å². The van der Waals surface area contributed by atoms with E-state index in [-0.39, 0.29) is 0 Å². The smallest absolute Gasteiger partial charge is 0.0455 e. The van der Waals surface area contributed by atoms with Crippen molar-refractivity contribution in [3.8, 4) is 0 Å². The van der Waals surface area contributed by atoms with Crippen LogP contribution in [0.5, 0.6) is 0 Å². The second-order valence-corrected chi connectivity index (χ2v) is 5.85. The van der Waals surface area contributed by atoms with E-state index in [2.05, 4.69) is 69.9 Å². The summed E-state index contributed by atoms with van der Waals surface area (Å²) >= 11 is 5.29. The van der Waals surface area contributed by atoms with Crippen LogP contribution in [0.3, 0.4) is 0 Å². The number of benzene rings is 1. The maximum Gasteiger partial charge on any atom is 0.0455 e. The molecule has 1 atom stereocenters.